The van der Waals surface area contributed by atoms with E-state index < -0.39 is 0 Å². The van der Waals surface area contributed by atoms with Crippen molar-refractivity contribution >= 4 is 21.6 Å². The van der Waals surface area contributed by atoms with Crippen molar-refractivity contribution in [2.24, 2.45) is 5.73 Å². The van der Waals surface area contributed by atoms with Crippen LogP contribution in [0.25, 0.3) is 0 Å². The first-order valence-corrected chi connectivity index (χ1v) is 7.26. The smallest absolute Gasteiger partial charge is 0.0813 e. The van der Waals surface area contributed by atoms with Crippen LogP contribution in [-0.2, 0) is 4.74 Å². The van der Waals surface area contributed by atoms with E-state index >= 15 is 0 Å². The lowest BCUT2D eigenvalue weighted by Crippen LogP contribution is -2.57. The van der Waals surface area contributed by atoms with E-state index in [1.165, 1.54) is 12.8 Å². The SMILES string of the molecule is COC1CCCCC1(CN)Nc1cccc(Br)c1. The minimum Gasteiger partial charge on any atom is -0.379 e. The summed E-state index contributed by atoms with van der Waals surface area (Å²) in [5, 5.41) is 3.61. The number of anilines is 1. The van der Waals surface area contributed by atoms with E-state index in [9.17, 15) is 0 Å². The van der Waals surface area contributed by atoms with Crippen LogP contribution in [0.4, 0.5) is 5.69 Å². The van der Waals surface area contributed by atoms with Gasteiger partial charge in [-0.1, -0.05) is 34.8 Å². The molecule has 1 aliphatic carbocycles. The molecule has 0 bridgehead atoms. The average Bonchev–Trinajstić information content (AvgIpc) is 2.39. The average molecular weight is 313 g/mol. The van der Waals surface area contributed by atoms with Gasteiger partial charge in [-0.15, -0.1) is 0 Å². The molecule has 0 saturated heterocycles. The molecule has 1 saturated carbocycles. The number of rotatable bonds is 4. The quantitative estimate of drug-likeness (QED) is 0.898. The topological polar surface area (TPSA) is 47.3 Å². The molecule has 0 aliphatic heterocycles. The van der Waals surface area contributed by atoms with Gasteiger partial charge in [0.25, 0.3) is 0 Å². The Morgan fingerprint density at radius 2 is 2.33 bits per heavy atom. The lowest BCUT2D eigenvalue weighted by molar-refractivity contribution is 0.0190. The minimum absolute atomic E-state index is 0.131. The Morgan fingerprint density at radius 3 is 3.00 bits per heavy atom. The molecule has 100 valence electrons. The highest BCUT2D eigenvalue weighted by atomic mass is 79.9. The molecule has 0 aromatic heterocycles. The van der Waals surface area contributed by atoms with Crippen molar-refractivity contribution in [3.63, 3.8) is 0 Å². The number of nitrogens with one attached hydrogen (secondary N) is 1. The maximum absolute atomic E-state index is 6.04. The molecular formula is C14H21BrN2O. The van der Waals surface area contributed by atoms with Crippen LogP contribution in [0.2, 0.25) is 0 Å². The summed E-state index contributed by atoms with van der Waals surface area (Å²) in [6.45, 7) is 0.595. The molecule has 3 N–H and O–H groups in total. The van der Waals surface area contributed by atoms with Gasteiger partial charge in [0.15, 0.2) is 0 Å². The summed E-state index contributed by atoms with van der Waals surface area (Å²) in [7, 11) is 1.78. The summed E-state index contributed by atoms with van der Waals surface area (Å²) in [6, 6.07) is 8.21. The molecule has 3 nitrogen and oxygen atoms in total. The Morgan fingerprint density at radius 1 is 1.50 bits per heavy atom. The molecule has 0 radical (unpaired) electrons. The second-order valence-electron chi connectivity index (χ2n) is 4.97. The van der Waals surface area contributed by atoms with Crippen molar-refractivity contribution in [2.75, 3.05) is 19.0 Å². The molecule has 0 spiro atoms. The third kappa shape index (κ3) is 2.87. The maximum atomic E-state index is 6.04. The first-order chi connectivity index (χ1) is 8.70. The van der Waals surface area contributed by atoms with E-state index in [1.807, 2.05) is 12.1 Å². The van der Waals surface area contributed by atoms with E-state index in [2.05, 4.69) is 33.4 Å². The zero-order chi connectivity index (χ0) is 13.0. The van der Waals surface area contributed by atoms with Crippen molar-refractivity contribution in [2.45, 2.75) is 37.3 Å². The first kappa shape index (κ1) is 13.8. The fourth-order valence-corrected chi connectivity index (χ4v) is 3.23. The summed E-state index contributed by atoms with van der Waals surface area (Å²) >= 11 is 3.50. The number of hydrogen-bond donors (Lipinski definition) is 2. The summed E-state index contributed by atoms with van der Waals surface area (Å²) in [5.41, 5.74) is 7.00. The predicted octanol–water partition coefficient (Wildman–Crippen LogP) is 3.15. The summed E-state index contributed by atoms with van der Waals surface area (Å²) < 4.78 is 6.72. The van der Waals surface area contributed by atoms with Gasteiger partial charge in [-0.25, -0.2) is 0 Å². The second-order valence-corrected chi connectivity index (χ2v) is 5.88. The van der Waals surface area contributed by atoms with Crippen LogP contribution in [0, 0.1) is 0 Å². The van der Waals surface area contributed by atoms with Gasteiger partial charge in [0.05, 0.1) is 11.6 Å². The van der Waals surface area contributed by atoms with Crippen LogP contribution in [0.5, 0.6) is 0 Å². The van der Waals surface area contributed by atoms with Crippen LogP contribution in [0.3, 0.4) is 0 Å². The number of methoxy groups -OCH3 is 1. The van der Waals surface area contributed by atoms with Gasteiger partial charge in [-0.2, -0.15) is 0 Å². The molecule has 4 heteroatoms. The largest absolute Gasteiger partial charge is 0.379 e. The summed E-state index contributed by atoms with van der Waals surface area (Å²) in [5.74, 6) is 0. The van der Waals surface area contributed by atoms with E-state index in [-0.39, 0.29) is 11.6 Å². The van der Waals surface area contributed by atoms with Crippen molar-refractivity contribution in [1.29, 1.82) is 0 Å². The van der Waals surface area contributed by atoms with E-state index in [0.29, 0.717) is 6.54 Å². The number of ether oxygens (including phenoxy) is 1. The molecule has 2 atom stereocenters. The lowest BCUT2D eigenvalue weighted by Gasteiger charge is -2.44. The van der Waals surface area contributed by atoms with Gasteiger partial charge in [0, 0.05) is 23.8 Å². The van der Waals surface area contributed by atoms with Gasteiger partial charge in [0.2, 0.25) is 0 Å². The Hall–Kier alpha value is -0.580. The normalized spacial score (nSPS) is 28.1. The Kier molecular flexibility index (Phi) is 4.65. The predicted molar refractivity (Wildman–Crippen MR) is 78.8 cm³/mol. The fourth-order valence-electron chi connectivity index (χ4n) is 2.83. The van der Waals surface area contributed by atoms with Crippen molar-refractivity contribution in [1.82, 2.24) is 0 Å². The molecule has 2 unspecified atom stereocenters. The zero-order valence-corrected chi connectivity index (χ0v) is 12.4. The van der Waals surface area contributed by atoms with E-state index in [1.54, 1.807) is 7.11 Å². The minimum atomic E-state index is -0.131. The molecule has 0 heterocycles. The maximum Gasteiger partial charge on any atom is 0.0813 e. The summed E-state index contributed by atoms with van der Waals surface area (Å²) in [4.78, 5) is 0. The highest BCUT2D eigenvalue weighted by Crippen LogP contribution is 2.33. The second kappa shape index (κ2) is 6.04. The number of hydrogen-bond acceptors (Lipinski definition) is 3. The molecule has 1 aliphatic rings. The number of nitrogens with two attached hydrogens (primary N) is 1. The van der Waals surface area contributed by atoms with Crippen LogP contribution in [0.15, 0.2) is 28.7 Å². The van der Waals surface area contributed by atoms with Crippen LogP contribution >= 0.6 is 15.9 Å². The van der Waals surface area contributed by atoms with Gasteiger partial charge < -0.3 is 15.8 Å². The molecule has 18 heavy (non-hydrogen) atoms. The van der Waals surface area contributed by atoms with E-state index in [4.69, 9.17) is 10.5 Å². The van der Waals surface area contributed by atoms with Crippen LogP contribution in [-0.4, -0.2) is 25.3 Å². The Bertz CT molecular complexity index is 399. The van der Waals surface area contributed by atoms with Gasteiger partial charge in [-0.05, 0) is 31.0 Å². The van der Waals surface area contributed by atoms with Crippen LogP contribution < -0.4 is 11.1 Å². The Balaban J connectivity index is 2.21. The van der Waals surface area contributed by atoms with Gasteiger partial charge in [0.1, 0.15) is 0 Å². The van der Waals surface area contributed by atoms with Gasteiger partial charge >= 0.3 is 0 Å². The van der Waals surface area contributed by atoms with Crippen molar-refractivity contribution in [3.05, 3.63) is 28.7 Å². The molecular weight excluding hydrogens is 292 g/mol. The number of benzene rings is 1. The highest BCUT2D eigenvalue weighted by molar-refractivity contribution is 9.10. The summed E-state index contributed by atoms with van der Waals surface area (Å²) in [6.07, 6.45) is 4.76. The van der Waals surface area contributed by atoms with Crippen LogP contribution in [0.1, 0.15) is 25.7 Å². The molecule has 1 fully saturated rings. The number of halogens is 1. The monoisotopic (exact) mass is 312 g/mol. The Labute approximate surface area is 117 Å². The van der Waals surface area contributed by atoms with E-state index in [0.717, 1.165) is 23.0 Å². The van der Waals surface area contributed by atoms with Crippen molar-refractivity contribution in [3.8, 4) is 0 Å². The third-order valence-corrected chi connectivity index (χ3v) is 4.32. The lowest BCUT2D eigenvalue weighted by atomic mass is 9.78. The molecule has 0 amide bonds. The molecule has 1 aromatic carbocycles. The molecule has 2 rings (SSSR count). The fraction of sp³-hybridized carbons (Fsp3) is 0.571. The first-order valence-electron chi connectivity index (χ1n) is 6.47. The zero-order valence-electron chi connectivity index (χ0n) is 10.8. The van der Waals surface area contributed by atoms with Crippen molar-refractivity contribution < 1.29 is 4.74 Å². The van der Waals surface area contributed by atoms with Gasteiger partial charge in [-0.3, -0.25) is 0 Å². The highest BCUT2D eigenvalue weighted by Gasteiger charge is 2.39. The standard InChI is InChI=1S/C14H21BrN2O/c1-18-13-7-2-3-8-14(13,10-16)17-12-6-4-5-11(15)9-12/h4-6,9,13,17H,2-3,7-8,10,16H2,1H3. The molecule has 1 aromatic rings. The third-order valence-electron chi connectivity index (χ3n) is 3.82.